The van der Waals surface area contributed by atoms with Crippen LogP contribution in [0.5, 0.6) is 0 Å². The van der Waals surface area contributed by atoms with Gasteiger partial charge in [-0.15, -0.1) is 11.3 Å². The van der Waals surface area contributed by atoms with Crippen LogP contribution in [-0.4, -0.2) is 18.1 Å². The van der Waals surface area contributed by atoms with Gasteiger partial charge in [0, 0.05) is 44.7 Å². The Morgan fingerprint density at radius 1 is 0.902 bits per heavy atom. The number of hydrogen-bond donors (Lipinski definition) is 0. The van der Waals surface area contributed by atoms with E-state index in [4.69, 9.17) is 0 Å². The van der Waals surface area contributed by atoms with Gasteiger partial charge in [-0.3, -0.25) is 0 Å². The summed E-state index contributed by atoms with van der Waals surface area (Å²) in [4.78, 5) is 7.87. The van der Waals surface area contributed by atoms with E-state index in [1.165, 1.54) is 98.6 Å². The summed E-state index contributed by atoms with van der Waals surface area (Å²) in [6.45, 7) is 6.66. The monoisotopic (exact) mass is 761 g/mol. The molecule has 2 nitrogen and oxygen atoms in total. The SMILES string of the molecule is CCCN1C(=CC2=CC3=CC(=Cc4sc5ccc(-c6cccs6)cc5[n+]4CCCSCC)CCC3CC2)Sc2ccc(Sc3ccccc3)cc21. The topological polar surface area (TPSA) is 7.12 Å². The van der Waals surface area contributed by atoms with Gasteiger partial charge in [-0.05, 0) is 126 Å². The summed E-state index contributed by atoms with van der Waals surface area (Å²) >= 11 is 9.63. The summed E-state index contributed by atoms with van der Waals surface area (Å²) in [6, 6.07) is 29.2. The van der Waals surface area contributed by atoms with Crippen molar-refractivity contribution in [3.8, 4) is 10.4 Å². The molecule has 51 heavy (non-hydrogen) atoms. The van der Waals surface area contributed by atoms with Gasteiger partial charge in [0.25, 0.3) is 5.01 Å². The van der Waals surface area contributed by atoms with Crippen molar-refractivity contribution in [2.45, 2.75) is 73.6 Å². The molecule has 1 aliphatic heterocycles. The van der Waals surface area contributed by atoms with Crippen LogP contribution < -0.4 is 9.47 Å². The number of nitrogens with zero attached hydrogens (tertiary/aromatic N) is 2. The molecule has 0 spiro atoms. The number of aromatic nitrogens is 1. The maximum atomic E-state index is 2.61. The van der Waals surface area contributed by atoms with Crippen molar-refractivity contribution >= 4 is 79.9 Å². The van der Waals surface area contributed by atoms with E-state index in [-0.39, 0.29) is 0 Å². The number of aryl methyl sites for hydroxylation is 1. The molecule has 3 heterocycles. The van der Waals surface area contributed by atoms with Crippen LogP contribution in [0.15, 0.2) is 139 Å². The van der Waals surface area contributed by atoms with Gasteiger partial charge in [0.1, 0.15) is 4.70 Å². The molecule has 0 bridgehead atoms. The number of thioether (sulfide) groups is 2. The molecule has 1 unspecified atom stereocenters. The Balaban J connectivity index is 1.07. The Labute approximate surface area is 324 Å². The van der Waals surface area contributed by atoms with E-state index in [1.807, 2.05) is 46.2 Å². The van der Waals surface area contributed by atoms with E-state index in [1.54, 1.807) is 0 Å². The number of rotatable bonds is 12. The molecule has 3 aliphatic rings. The van der Waals surface area contributed by atoms with E-state index in [2.05, 4.69) is 144 Å². The van der Waals surface area contributed by atoms with Crippen LogP contribution in [-0.2, 0) is 6.54 Å². The van der Waals surface area contributed by atoms with Crippen molar-refractivity contribution in [1.82, 2.24) is 0 Å². The number of thiophene rings is 1. The zero-order chi connectivity index (χ0) is 34.6. The third-order valence-corrected chi connectivity index (χ3v) is 15.0. The highest BCUT2D eigenvalue weighted by molar-refractivity contribution is 8.03. The first-order chi connectivity index (χ1) is 25.1. The Bertz CT molecular complexity index is 2120. The van der Waals surface area contributed by atoms with Crippen LogP contribution in [0.3, 0.4) is 0 Å². The van der Waals surface area contributed by atoms with Crippen molar-refractivity contribution < 1.29 is 4.57 Å². The summed E-state index contributed by atoms with van der Waals surface area (Å²) in [7, 11) is 0. The minimum absolute atomic E-state index is 0.677. The van der Waals surface area contributed by atoms with Gasteiger partial charge in [0.2, 0.25) is 5.52 Å². The third kappa shape index (κ3) is 8.03. The summed E-state index contributed by atoms with van der Waals surface area (Å²) < 4.78 is 3.99. The fourth-order valence-corrected chi connectivity index (χ4v) is 11.9. The molecule has 0 N–H and O–H groups in total. The maximum Gasteiger partial charge on any atom is 0.263 e. The summed E-state index contributed by atoms with van der Waals surface area (Å²) in [5.74, 6) is 3.08. The van der Waals surface area contributed by atoms with Crippen LogP contribution >= 0.6 is 58.0 Å². The highest BCUT2D eigenvalue weighted by Gasteiger charge is 2.28. The standard InChI is InChI=1S/C44H45N2S5/c1-3-21-45-39-30-37(49-36-10-6-5-7-11-36)18-20-42(39)51-43(45)27-31-13-15-33-16-14-32(26-35(33)25-31)28-44-46(22-9-23-47-4-2)38-29-34(17-19-41(38)50-44)40-12-8-24-48-40/h5-8,10-12,17-20,24-30,33H,3-4,9,13-16,21-23H2,1-2H3/q+1. The number of allylic oxidation sites excluding steroid dienone is 6. The van der Waals surface area contributed by atoms with Crippen molar-refractivity contribution in [1.29, 1.82) is 0 Å². The predicted octanol–water partition coefficient (Wildman–Crippen LogP) is 13.5. The lowest BCUT2D eigenvalue weighted by Gasteiger charge is -2.28. The van der Waals surface area contributed by atoms with Gasteiger partial charge in [-0.2, -0.15) is 16.3 Å². The number of hydrogen-bond acceptors (Lipinski definition) is 6. The lowest BCUT2D eigenvalue weighted by molar-refractivity contribution is -0.668. The van der Waals surface area contributed by atoms with Crippen molar-refractivity contribution in [3.63, 3.8) is 0 Å². The van der Waals surface area contributed by atoms with Gasteiger partial charge in [-0.1, -0.05) is 91.2 Å². The summed E-state index contributed by atoms with van der Waals surface area (Å²) in [6.07, 6.45) is 17.2. The minimum atomic E-state index is 0.677. The number of thiazole rings is 1. The zero-order valence-corrected chi connectivity index (χ0v) is 33.6. The summed E-state index contributed by atoms with van der Waals surface area (Å²) in [5, 5.41) is 4.95. The average Bonchev–Trinajstić information content (AvgIpc) is 3.89. The summed E-state index contributed by atoms with van der Waals surface area (Å²) in [5.41, 5.74) is 8.55. The normalized spacial score (nSPS) is 18.7. The first kappa shape index (κ1) is 35.1. The second-order valence-electron chi connectivity index (χ2n) is 13.4. The number of benzene rings is 3. The molecule has 3 aromatic carbocycles. The fraction of sp³-hybridized carbons (Fsp3) is 0.295. The molecule has 0 radical (unpaired) electrons. The van der Waals surface area contributed by atoms with Gasteiger partial charge in [0.15, 0.2) is 6.54 Å². The van der Waals surface area contributed by atoms with Crippen LogP contribution in [0.1, 0.15) is 57.4 Å². The number of anilines is 1. The molecule has 2 aliphatic carbocycles. The molecule has 0 amide bonds. The Hall–Kier alpha value is -2.94. The Kier molecular flexibility index (Phi) is 11.3. The van der Waals surface area contributed by atoms with Crippen LogP contribution in [0.4, 0.5) is 5.69 Å². The molecule has 0 fully saturated rings. The first-order valence-corrected chi connectivity index (χ1v) is 22.9. The number of fused-ring (bicyclic) bond motifs is 3. The maximum absolute atomic E-state index is 2.61. The van der Waals surface area contributed by atoms with Crippen LogP contribution in [0.2, 0.25) is 0 Å². The van der Waals surface area contributed by atoms with Crippen molar-refractivity contribution in [3.05, 3.63) is 129 Å². The molecule has 0 saturated carbocycles. The van der Waals surface area contributed by atoms with Gasteiger partial charge < -0.3 is 4.90 Å². The highest BCUT2D eigenvalue weighted by Crippen LogP contribution is 2.49. The molecule has 8 rings (SSSR count). The minimum Gasteiger partial charge on any atom is -0.335 e. The highest BCUT2D eigenvalue weighted by atomic mass is 32.2. The van der Waals surface area contributed by atoms with Crippen LogP contribution in [0, 0.1) is 5.92 Å². The van der Waals surface area contributed by atoms with E-state index >= 15 is 0 Å². The van der Waals surface area contributed by atoms with Gasteiger partial charge in [-0.25, -0.2) is 0 Å². The van der Waals surface area contributed by atoms with E-state index in [9.17, 15) is 0 Å². The zero-order valence-electron chi connectivity index (χ0n) is 29.5. The second-order valence-corrected chi connectivity index (χ2v) is 19.1. The van der Waals surface area contributed by atoms with E-state index < -0.39 is 0 Å². The largest absolute Gasteiger partial charge is 0.335 e. The fourth-order valence-electron chi connectivity index (χ4n) is 7.39. The molecular formula is C44H45N2S5+. The lowest BCUT2D eigenvalue weighted by atomic mass is 9.77. The third-order valence-electron chi connectivity index (χ3n) is 9.89. The molecule has 0 saturated heterocycles. The Morgan fingerprint density at radius 2 is 1.80 bits per heavy atom. The van der Waals surface area contributed by atoms with Crippen molar-refractivity contribution in [2.75, 3.05) is 23.0 Å². The van der Waals surface area contributed by atoms with E-state index in [0.29, 0.717) is 5.92 Å². The second kappa shape index (κ2) is 16.4. The lowest BCUT2D eigenvalue weighted by Crippen LogP contribution is -2.35. The van der Waals surface area contributed by atoms with Crippen molar-refractivity contribution in [2.24, 2.45) is 5.92 Å². The average molecular weight is 762 g/mol. The molecule has 2 aromatic heterocycles. The quantitative estimate of drug-likeness (QED) is 0.0923. The molecule has 5 aromatic rings. The van der Waals surface area contributed by atoms with Gasteiger partial charge >= 0.3 is 0 Å². The van der Waals surface area contributed by atoms with Gasteiger partial charge in [0.05, 0.1) is 10.7 Å². The van der Waals surface area contributed by atoms with E-state index in [0.717, 1.165) is 32.4 Å². The Morgan fingerprint density at radius 3 is 2.65 bits per heavy atom. The molecule has 1 atom stereocenters. The molecule has 260 valence electrons. The van der Waals surface area contributed by atoms with Crippen LogP contribution in [0.25, 0.3) is 26.7 Å². The predicted molar refractivity (Wildman–Crippen MR) is 228 cm³/mol. The molecule has 7 heteroatoms. The molecular weight excluding hydrogens is 717 g/mol. The smallest absolute Gasteiger partial charge is 0.263 e. The first-order valence-electron chi connectivity index (χ1n) is 18.4.